The van der Waals surface area contributed by atoms with Crippen molar-refractivity contribution in [2.24, 2.45) is 0 Å². The number of benzene rings is 3. The van der Waals surface area contributed by atoms with Gasteiger partial charge in [-0.2, -0.15) is 0 Å². The van der Waals surface area contributed by atoms with E-state index in [9.17, 15) is 13.2 Å². The molecule has 0 radical (unpaired) electrons. The molecule has 1 aromatic heterocycles. The van der Waals surface area contributed by atoms with Crippen molar-refractivity contribution in [1.29, 1.82) is 0 Å². The van der Waals surface area contributed by atoms with Crippen molar-refractivity contribution in [3.63, 3.8) is 0 Å². The number of amides is 1. The first-order chi connectivity index (χ1) is 14.3. The molecule has 0 saturated carbocycles. The summed E-state index contributed by atoms with van der Waals surface area (Å²) >= 11 is 6.18. The SMILES string of the molecule is Cc1oncc1C(=O)Nc1ccc(Cl)c(NS(=O)(=O)c2ccc3ccccc3c2)c1. The van der Waals surface area contributed by atoms with Crippen LogP contribution < -0.4 is 10.0 Å². The molecule has 1 amide bonds. The Morgan fingerprint density at radius 2 is 1.80 bits per heavy atom. The molecule has 7 nitrogen and oxygen atoms in total. The highest BCUT2D eigenvalue weighted by Crippen LogP contribution is 2.29. The van der Waals surface area contributed by atoms with E-state index in [4.69, 9.17) is 16.1 Å². The molecule has 0 unspecified atom stereocenters. The summed E-state index contributed by atoms with van der Waals surface area (Å²) in [6, 6.07) is 16.8. The van der Waals surface area contributed by atoms with Gasteiger partial charge in [-0.25, -0.2) is 8.42 Å². The first-order valence-corrected chi connectivity index (χ1v) is 10.7. The van der Waals surface area contributed by atoms with E-state index < -0.39 is 15.9 Å². The number of aryl methyl sites for hydroxylation is 1. The van der Waals surface area contributed by atoms with Gasteiger partial charge in [0, 0.05) is 5.69 Å². The van der Waals surface area contributed by atoms with E-state index in [1.807, 2.05) is 24.3 Å². The van der Waals surface area contributed by atoms with E-state index in [2.05, 4.69) is 15.2 Å². The second-order valence-corrected chi connectivity index (χ2v) is 8.65. The Labute approximate surface area is 177 Å². The maximum atomic E-state index is 12.9. The van der Waals surface area contributed by atoms with Gasteiger partial charge in [0.05, 0.1) is 21.8 Å². The highest BCUT2D eigenvalue weighted by Gasteiger charge is 2.18. The molecular weight excluding hydrogens is 426 g/mol. The summed E-state index contributed by atoms with van der Waals surface area (Å²) in [5.41, 5.74) is 0.786. The summed E-state index contributed by atoms with van der Waals surface area (Å²) in [6.07, 6.45) is 1.31. The number of rotatable bonds is 5. The fourth-order valence-electron chi connectivity index (χ4n) is 2.93. The van der Waals surface area contributed by atoms with Gasteiger partial charge in [-0.3, -0.25) is 9.52 Å². The molecule has 9 heteroatoms. The molecule has 0 bridgehead atoms. The minimum Gasteiger partial charge on any atom is -0.361 e. The van der Waals surface area contributed by atoms with Crippen LogP contribution >= 0.6 is 11.6 Å². The van der Waals surface area contributed by atoms with Crippen LogP contribution in [0.1, 0.15) is 16.1 Å². The number of halogens is 1. The van der Waals surface area contributed by atoms with Crippen molar-refractivity contribution in [1.82, 2.24) is 5.16 Å². The summed E-state index contributed by atoms with van der Waals surface area (Å²) in [6.45, 7) is 1.62. The van der Waals surface area contributed by atoms with E-state index >= 15 is 0 Å². The van der Waals surface area contributed by atoms with Gasteiger partial charge in [-0.05, 0) is 48.0 Å². The van der Waals surface area contributed by atoms with Crippen LogP contribution in [0.15, 0.2) is 76.3 Å². The van der Waals surface area contributed by atoms with E-state index in [-0.39, 0.29) is 21.2 Å². The monoisotopic (exact) mass is 441 g/mol. The minimum atomic E-state index is -3.89. The molecule has 1 heterocycles. The number of carbonyl (C=O) groups is 1. The van der Waals surface area contributed by atoms with Crippen LogP contribution in [0.5, 0.6) is 0 Å². The van der Waals surface area contributed by atoms with E-state index in [1.165, 1.54) is 24.4 Å². The van der Waals surface area contributed by atoms with Crippen molar-refractivity contribution >= 4 is 49.7 Å². The molecule has 2 N–H and O–H groups in total. The Morgan fingerprint density at radius 1 is 1.03 bits per heavy atom. The third kappa shape index (κ3) is 4.00. The molecule has 3 aromatic carbocycles. The molecule has 0 aliphatic rings. The minimum absolute atomic E-state index is 0.104. The highest BCUT2D eigenvalue weighted by atomic mass is 35.5. The van der Waals surface area contributed by atoms with Gasteiger partial charge in [0.1, 0.15) is 11.3 Å². The number of nitrogens with one attached hydrogen (secondary N) is 2. The quantitative estimate of drug-likeness (QED) is 0.461. The molecular formula is C21H16ClN3O4S. The second kappa shape index (κ2) is 7.81. The Hall–Kier alpha value is -3.36. The third-order valence-corrected chi connectivity index (χ3v) is 6.19. The number of hydrogen-bond acceptors (Lipinski definition) is 5. The van der Waals surface area contributed by atoms with E-state index in [0.717, 1.165) is 10.8 Å². The zero-order valence-electron chi connectivity index (χ0n) is 15.7. The predicted molar refractivity (Wildman–Crippen MR) is 115 cm³/mol. The molecule has 4 aromatic rings. The lowest BCUT2D eigenvalue weighted by Crippen LogP contribution is -2.15. The number of sulfonamides is 1. The van der Waals surface area contributed by atoms with Crippen LogP contribution in [0.3, 0.4) is 0 Å². The van der Waals surface area contributed by atoms with Gasteiger partial charge in [0.25, 0.3) is 15.9 Å². The molecule has 0 aliphatic carbocycles. The number of nitrogens with zero attached hydrogens (tertiary/aromatic N) is 1. The Kier molecular flexibility index (Phi) is 5.19. The van der Waals surface area contributed by atoms with Crippen LogP contribution in [-0.4, -0.2) is 19.5 Å². The molecule has 0 saturated heterocycles. The van der Waals surface area contributed by atoms with Crippen LogP contribution in [0, 0.1) is 6.92 Å². The number of aromatic nitrogens is 1. The zero-order chi connectivity index (χ0) is 21.3. The van der Waals surface area contributed by atoms with Gasteiger partial charge in [-0.1, -0.05) is 47.1 Å². The smallest absolute Gasteiger partial charge is 0.261 e. The lowest BCUT2D eigenvalue weighted by molar-refractivity contribution is 0.102. The van der Waals surface area contributed by atoms with Gasteiger partial charge < -0.3 is 9.84 Å². The van der Waals surface area contributed by atoms with E-state index in [1.54, 1.807) is 25.1 Å². The lowest BCUT2D eigenvalue weighted by atomic mass is 10.1. The molecule has 0 atom stereocenters. The van der Waals surface area contributed by atoms with Crippen LogP contribution in [0.25, 0.3) is 10.8 Å². The molecule has 4 rings (SSSR count). The number of fused-ring (bicyclic) bond motifs is 1. The zero-order valence-corrected chi connectivity index (χ0v) is 17.3. The maximum Gasteiger partial charge on any atom is 0.261 e. The summed E-state index contributed by atoms with van der Waals surface area (Å²) < 4.78 is 33.1. The summed E-state index contributed by atoms with van der Waals surface area (Å²) in [5.74, 6) is -0.0573. The standard InChI is InChI=1S/C21H16ClN3O4S/c1-13-18(12-23-29-13)21(26)24-16-7-9-19(22)20(11-16)25-30(27,28)17-8-6-14-4-2-3-5-15(14)10-17/h2-12,25H,1H3,(H,24,26). The Morgan fingerprint density at radius 3 is 2.53 bits per heavy atom. The Bertz CT molecular complexity index is 1370. The summed E-state index contributed by atoms with van der Waals surface area (Å²) in [5, 5.41) is 8.17. The normalized spacial score (nSPS) is 11.4. The van der Waals surface area contributed by atoms with E-state index in [0.29, 0.717) is 11.4 Å². The lowest BCUT2D eigenvalue weighted by Gasteiger charge is -2.12. The van der Waals surface area contributed by atoms with Crippen molar-refractivity contribution in [3.05, 3.63) is 83.2 Å². The van der Waals surface area contributed by atoms with Crippen LogP contribution in [0.2, 0.25) is 5.02 Å². The van der Waals surface area contributed by atoms with Crippen molar-refractivity contribution < 1.29 is 17.7 Å². The van der Waals surface area contributed by atoms with Crippen molar-refractivity contribution in [2.75, 3.05) is 10.0 Å². The van der Waals surface area contributed by atoms with Crippen LogP contribution in [-0.2, 0) is 10.0 Å². The first kappa shape index (κ1) is 19.9. The fraction of sp³-hybridized carbons (Fsp3) is 0.0476. The predicted octanol–water partition coefficient (Wildman–Crippen LogP) is 4.84. The summed E-state index contributed by atoms with van der Waals surface area (Å²) in [7, 11) is -3.89. The average molecular weight is 442 g/mol. The molecule has 30 heavy (non-hydrogen) atoms. The molecule has 152 valence electrons. The number of anilines is 2. The molecule has 0 fully saturated rings. The van der Waals surface area contributed by atoms with Gasteiger partial charge in [0.2, 0.25) is 0 Å². The largest absolute Gasteiger partial charge is 0.361 e. The molecule has 0 aliphatic heterocycles. The maximum absolute atomic E-state index is 12.9. The fourth-order valence-corrected chi connectivity index (χ4v) is 4.26. The van der Waals surface area contributed by atoms with Gasteiger partial charge in [0.15, 0.2) is 0 Å². The van der Waals surface area contributed by atoms with Crippen molar-refractivity contribution in [3.8, 4) is 0 Å². The topological polar surface area (TPSA) is 101 Å². The number of carbonyl (C=O) groups excluding carboxylic acids is 1. The first-order valence-electron chi connectivity index (χ1n) is 8.87. The summed E-state index contributed by atoms with van der Waals surface area (Å²) in [4.78, 5) is 12.4. The highest BCUT2D eigenvalue weighted by molar-refractivity contribution is 7.92. The number of hydrogen-bond donors (Lipinski definition) is 2. The average Bonchev–Trinajstić information content (AvgIpc) is 3.16. The second-order valence-electron chi connectivity index (χ2n) is 6.56. The Balaban J connectivity index is 1.61. The third-order valence-electron chi connectivity index (χ3n) is 4.50. The van der Waals surface area contributed by atoms with Gasteiger partial charge in [-0.15, -0.1) is 0 Å². The molecule has 0 spiro atoms. The van der Waals surface area contributed by atoms with Crippen molar-refractivity contribution in [2.45, 2.75) is 11.8 Å². The van der Waals surface area contributed by atoms with Gasteiger partial charge >= 0.3 is 0 Å². The van der Waals surface area contributed by atoms with Crippen LogP contribution in [0.4, 0.5) is 11.4 Å².